The lowest BCUT2D eigenvalue weighted by Gasteiger charge is -2.47. The van der Waals surface area contributed by atoms with Gasteiger partial charge in [-0.05, 0) is 35.9 Å². The van der Waals surface area contributed by atoms with Crippen LogP contribution in [-0.4, -0.2) is 55.0 Å². The highest BCUT2D eigenvalue weighted by molar-refractivity contribution is 5.66. The van der Waals surface area contributed by atoms with Crippen molar-refractivity contribution in [3.8, 4) is 57.5 Å². The standard InChI is InChI=1S/C34H32O11/c1-39-18-6-7-19-21-15-34(44-26(19)12-18,17-10-28(40-2)33(42-4)29(11-17)41-3)45-27-14-23(36)20-13-25(38)31(43-32(20)30(21)27)16-5-8-22(35)24(37)9-16/h5-12,14,21,25,31,35-38H,13,15H2,1-4H3/t21-,25+,31-,34-/m1/s1. The number of aromatic hydroxyl groups is 3. The summed E-state index contributed by atoms with van der Waals surface area (Å²) in [5.74, 6) is 0.610. The van der Waals surface area contributed by atoms with E-state index in [2.05, 4.69) is 0 Å². The lowest BCUT2D eigenvalue weighted by atomic mass is 9.76. The molecule has 11 nitrogen and oxygen atoms in total. The molecule has 0 unspecified atom stereocenters. The van der Waals surface area contributed by atoms with E-state index in [1.807, 2.05) is 12.1 Å². The number of benzene rings is 4. The van der Waals surface area contributed by atoms with Gasteiger partial charge < -0.3 is 53.6 Å². The van der Waals surface area contributed by atoms with Crippen LogP contribution in [0.2, 0.25) is 0 Å². The number of phenolic OH excluding ortho intramolecular Hbond substituents is 3. The number of hydrogen-bond donors (Lipinski definition) is 4. The third-order valence-electron chi connectivity index (χ3n) is 8.77. The van der Waals surface area contributed by atoms with E-state index in [1.165, 1.54) is 39.5 Å². The van der Waals surface area contributed by atoms with Crippen molar-refractivity contribution in [2.24, 2.45) is 0 Å². The van der Waals surface area contributed by atoms with Gasteiger partial charge in [-0.15, -0.1) is 0 Å². The highest BCUT2D eigenvalue weighted by Crippen LogP contribution is 2.61. The van der Waals surface area contributed by atoms with Crippen molar-refractivity contribution in [2.75, 3.05) is 28.4 Å². The molecular formula is C34H32O11. The summed E-state index contributed by atoms with van der Waals surface area (Å²) >= 11 is 0. The molecule has 45 heavy (non-hydrogen) atoms. The molecule has 0 spiro atoms. The second kappa shape index (κ2) is 10.5. The number of rotatable bonds is 6. The third kappa shape index (κ3) is 4.37. The first-order chi connectivity index (χ1) is 21.7. The number of fused-ring (bicyclic) bond motifs is 8. The highest BCUT2D eigenvalue weighted by Gasteiger charge is 2.53. The zero-order valence-corrected chi connectivity index (χ0v) is 25.0. The second-order valence-corrected chi connectivity index (χ2v) is 11.2. The minimum atomic E-state index is -1.39. The molecule has 2 bridgehead atoms. The van der Waals surface area contributed by atoms with Gasteiger partial charge in [-0.3, -0.25) is 0 Å². The van der Waals surface area contributed by atoms with Gasteiger partial charge in [0.2, 0.25) is 5.75 Å². The number of phenols is 3. The molecule has 0 saturated carbocycles. The van der Waals surface area contributed by atoms with Gasteiger partial charge in [0.25, 0.3) is 5.79 Å². The minimum Gasteiger partial charge on any atom is -0.507 e. The van der Waals surface area contributed by atoms with Crippen LogP contribution in [0.5, 0.6) is 57.5 Å². The Bertz CT molecular complexity index is 1790. The zero-order valence-electron chi connectivity index (χ0n) is 25.0. The number of methoxy groups -OCH3 is 4. The van der Waals surface area contributed by atoms with Crippen LogP contribution < -0.4 is 33.2 Å². The van der Waals surface area contributed by atoms with E-state index >= 15 is 0 Å². The van der Waals surface area contributed by atoms with Crippen molar-refractivity contribution in [1.82, 2.24) is 0 Å². The SMILES string of the molecule is COc1ccc2c(c1)O[C@]1(c3cc(OC)c(OC)c(OC)c3)C[C@H]2c2c(cc(O)c3c2O[C@H](c2ccc(O)c(O)c2)[C@@H](O)C3)O1. The number of hydrogen-bond acceptors (Lipinski definition) is 11. The van der Waals surface area contributed by atoms with Crippen molar-refractivity contribution in [2.45, 2.75) is 36.8 Å². The molecule has 0 amide bonds. The maximum atomic E-state index is 11.2. The monoisotopic (exact) mass is 616 g/mol. The Kier molecular flexibility index (Phi) is 6.66. The van der Waals surface area contributed by atoms with Crippen molar-refractivity contribution in [3.63, 3.8) is 0 Å². The average molecular weight is 617 g/mol. The number of aliphatic hydroxyl groups excluding tert-OH is 1. The van der Waals surface area contributed by atoms with Crippen molar-refractivity contribution >= 4 is 0 Å². The van der Waals surface area contributed by atoms with Crippen LogP contribution >= 0.6 is 0 Å². The Morgan fingerprint density at radius 2 is 1.49 bits per heavy atom. The third-order valence-corrected chi connectivity index (χ3v) is 8.77. The predicted molar refractivity (Wildman–Crippen MR) is 159 cm³/mol. The van der Waals surface area contributed by atoms with Gasteiger partial charge in [0.15, 0.2) is 23.0 Å². The van der Waals surface area contributed by atoms with Gasteiger partial charge >= 0.3 is 0 Å². The summed E-state index contributed by atoms with van der Waals surface area (Å²) < 4.78 is 42.3. The Hall–Kier alpha value is -5.16. The van der Waals surface area contributed by atoms with Crippen LogP contribution in [0.4, 0.5) is 0 Å². The Labute approximate surface area is 258 Å². The van der Waals surface area contributed by atoms with E-state index in [1.54, 1.807) is 31.4 Å². The van der Waals surface area contributed by atoms with Gasteiger partial charge in [0, 0.05) is 53.1 Å². The fraction of sp³-hybridized carbons (Fsp3) is 0.294. The van der Waals surface area contributed by atoms with E-state index in [-0.39, 0.29) is 29.6 Å². The summed E-state index contributed by atoms with van der Waals surface area (Å²) in [7, 11) is 6.16. The zero-order chi connectivity index (χ0) is 31.6. The van der Waals surface area contributed by atoms with Crippen molar-refractivity contribution in [3.05, 3.63) is 82.4 Å². The molecule has 11 heteroatoms. The average Bonchev–Trinajstić information content (AvgIpc) is 3.04. The summed E-state index contributed by atoms with van der Waals surface area (Å²) in [6.07, 6.45) is -1.55. The summed E-state index contributed by atoms with van der Waals surface area (Å²) in [6, 6.07) is 14.9. The molecule has 4 atom stereocenters. The molecule has 3 aliphatic rings. The van der Waals surface area contributed by atoms with Crippen LogP contribution in [0.25, 0.3) is 0 Å². The summed E-state index contributed by atoms with van der Waals surface area (Å²) in [4.78, 5) is 0. The van der Waals surface area contributed by atoms with Gasteiger partial charge in [-0.2, -0.15) is 0 Å². The molecule has 234 valence electrons. The fourth-order valence-electron chi connectivity index (χ4n) is 6.61. The van der Waals surface area contributed by atoms with E-state index in [0.717, 1.165) is 5.56 Å². The first kappa shape index (κ1) is 28.6. The maximum Gasteiger partial charge on any atom is 0.279 e. The van der Waals surface area contributed by atoms with Gasteiger partial charge in [-0.1, -0.05) is 12.1 Å². The Morgan fingerprint density at radius 3 is 2.16 bits per heavy atom. The molecule has 0 aliphatic carbocycles. The van der Waals surface area contributed by atoms with E-state index in [9.17, 15) is 20.4 Å². The van der Waals surface area contributed by atoms with Crippen molar-refractivity contribution < 1.29 is 53.6 Å². The summed E-state index contributed by atoms with van der Waals surface area (Å²) in [5.41, 5.74) is 3.02. The molecule has 4 aromatic rings. The number of ether oxygens (including phenoxy) is 7. The molecule has 0 aromatic heterocycles. The first-order valence-electron chi connectivity index (χ1n) is 14.3. The lowest BCUT2D eigenvalue weighted by Crippen LogP contribution is -2.47. The van der Waals surface area contributed by atoms with Gasteiger partial charge in [-0.25, -0.2) is 0 Å². The molecule has 4 aromatic carbocycles. The molecule has 3 aliphatic heterocycles. The van der Waals surface area contributed by atoms with E-state index in [0.29, 0.717) is 68.9 Å². The summed E-state index contributed by atoms with van der Waals surface area (Å²) in [5, 5.41) is 42.3. The van der Waals surface area contributed by atoms with Gasteiger partial charge in [0.1, 0.15) is 34.9 Å². The van der Waals surface area contributed by atoms with Crippen LogP contribution in [0, 0.1) is 0 Å². The normalized spacial score (nSPS) is 22.4. The topological polar surface area (TPSA) is 146 Å². The summed E-state index contributed by atoms with van der Waals surface area (Å²) in [6.45, 7) is 0. The van der Waals surface area contributed by atoms with Crippen LogP contribution in [0.1, 0.15) is 46.3 Å². The Balaban J connectivity index is 1.43. The molecule has 4 N–H and O–H groups in total. The minimum absolute atomic E-state index is 0.0808. The molecule has 0 fully saturated rings. The fourth-order valence-corrected chi connectivity index (χ4v) is 6.61. The van der Waals surface area contributed by atoms with Gasteiger partial charge in [0.05, 0.1) is 34.5 Å². The van der Waals surface area contributed by atoms with Crippen LogP contribution in [0.15, 0.2) is 54.6 Å². The molecular weight excluding hydrogens is 584 g/mol. The van der Waals surface area contributed by atoms with Crippen LogP contribution in [0.3, 0.4) is 0 Å². The molecule has 0 radical (unpaired) electrons. The predicted octanol–water partition coefficient (Wildman–Crippen LogP) is 5.03. The molecule has 0 saturated heterocycles. The first-order valence-corrected chi connectivity index (χ1v) is 14.3. The number of aliphatic hydroxyl groups is 1. The molecule has 3 heterocycles. The maximum absolute atomic E-state index is 11.2. The van der Waals surface area contributed by atoms with E-state index in [4.69, 9.17) is 33.2 Å². The van der Waals surface area contributed by atoms with Crippen LogP contribution in [-0.2, 0) is 12.2 Å². The molecule has 7 rings (SSSR count). The lowest BCUT2D eigenvalue weighted by molar-refractivity contribution is -0.149. The quantitative estimate of drug-likeness (QED) is 0.216. The largest absolute Gasteiger partial charge is 0.507 e. The van der Waals surface area contributed by atoms with Crippen molar-refractivity contribution in [1.29, 1.82) is 0 Å². The smallest absolute Gasteiger partial charge is 0.279 e. The Morgan fingerprint density at radius 1 is 0.756 bits per heavy atom. The highest BCUT2D eigenvalue weighted by atomic mass is 16.7. The second-order valence-electron chi connectivity index (χ2n) is 11.2. The van der Waals surface area contributed by atoms with E-state index < -0.39 is 18.0 Å².